The van der Waals surface area contributed by atoms with Gasteiger partial charge in [0.1, 0.15) is 0 Å². The van der Waals surface area contributed by atoms with Crippen LogP contribution in [-0.4, -0.2) is 42.1 Å². The lowest BCUT2D eigenvalue weighted by molar-refractivity contribution is -0.0198. The first-order chi connectivity index (χ1) is 16.8. The Morgan fingerprint density at radius 1 is 0.882 bits per heavy atom. The van der Waals surface area contributed by atoms with E-state index in [1.165, 1.54) is 16.7 Å². The first-order valence-electron chi connectivity index (χ1n) is 12.4. The molecule has 3 saturated heterocycles. The first-order valence-corrected chi connectivity index (χ1v) is 12.4. The highest BCUT2D eigenvalue weighted by molar-refractivity contribution is 5.32. The molecule has 3 bridgehead atoms. The van der Waals surface area contributed by atoms with Crippen LogP contribution in [-0.2, 0) is 4.74 Å². The van der Waals surface area contributed by atoms with E-state index in [4.69, 9.17) is 4.74 Å². The van der Waals surface area contributed by atoms with E-state index in [2.05, 4.69) is 113 Å². The van der Waals surface area contributed by atoms with Crippen molar-refractivity contribution in [1.82, 2.24) is 15.1 Å². The molecule has 0 aromatic heterocycles. The van der Waals surface area contributed by atoms with Crippen molar-refractivity contribution >= 4 is 0 Å². The Kier molecular flexibility index (Phi) is 5.84. The Morgan fingerprint density at radius 3 is 2.15 bits per heavy atom. The minimum absolute atomic E-state index is 0.0598. The van der Waals surface area contributed by atoms with E-state index in [1.54, 1.807) is 0 Å². The number of fused-ring (bicyclic) bond motifs is 2. The third-order valence-corrected chi connectivity index (χ3v) is 7.83. The van der Waals surface area contributed by atoms with Crippen molar-refractivity contribution in [1.29, 1.82) is 0 Å². The molecule has 1 N–H and O–H groups in total. The highest BCUT2D eigenvalue weighted by Gasteiger charge is 2.60. The maximum absolute atomic E-state index is 6.14. The predicted molar refractivity (Wildman–Crippen MR) is 136 cm³/mol. The van der Waals surface area contributed by atoms with Gasteiger partial charge in [0.05, 0.1) is 31.6 Å². The van der Waals surface area contributed by atoms with Crippen LogP contribution in [0, 0.1) is 5.41 Å². The fraction of sp³-hybridized carbons (Fsp3) is 0.333. The first kappa shape index (κ1) is 21.8. The monoisotopic (exact) mass is 451 g/mol. The fourth-order valence-electron chi connectivity index (χ4n) is 6.56. The molecule has 0 radical (unpaired) electrons. The number of piperidine rings is 1. The summed E-state index contributed by atoms with van der Waals surface area (Å²) in [6, 6.07) is 33.8. The molecule has 3 aliphatic heterocycles. The number of nitrogens with one attached hydrogen (secondary N) is 1. The summed E-state index contributed by atoms with van der Waals surface area (Å²) in [6.07, 6.45) is 3.32. The van der Waals surface area contributed by atoms with Crippen LogP contribution in [0.1, 0.15) is 41.5 Å². The van der Waals surface area contributed by atoms with Crippen LogP contribution in [0.4, 0.5) is 0 Å². The number of benzene rings is 3. The molecule has 34 heavy (non-hydrogen) atoms. The minimum atomic E-state index is 0.0598. The lowest BCUT2D eigenvalue weighted by Gasteiger charge is -2.46. The third-order valence-electron chi connectivity index (χ3n) is 7.83. The van der Waals surface area contributed by atoms with Crippen LogP contribution in [0.2, 0.25) is 0 Å². The second kappa shape index (κ2) is 9.12. The van der Waals surface area contributed by atoms with Crippen LogP contribution in [0.3, 0.4) is 0 Å². The quantitative estimate of drug-likeness (QED) is 0.389. The van der Waals surface area contributed by atoms with Gasteiger partial charge in [0.25, 0.3) is 0 Å². The van der Waals surface area contributed by atoms with Gasteiger partial charge >= 0.3 is 0 Å². The topological polar surface area (TPSA) is 27.7 Å². The van der Waals surface area contributed by atoms with Crippen molar-refractivity contribution in [2.75, 3.05) is 26.3 Å². The molecule has 4 heteroatoms. The number of hydrogen-bond acceptors (Lipinski definition) is 4. The molecule has 3 aromatic rings. The maximum Gasteiger partial charge on any atom is 0.0910 e. The van der Waals surface area contributed by atoms with Crippen LogP contribution in [0.25, 0.3) is 0 Å². The molecule has 6 unspecified atom stereocenters. The van der Waals surface area contributed by atoms with Crippen LogP contribution in [0.15, 0.2) is 104 Å². The molecule has 3 heterocycles. The van der Waals surface area contributed by atoms with Crippen molar-refractivity contribution in [3.05, 3.63) is 120 Å². The Hall–Kier alpha value is -2.76. The zero-order valence-electron chi connectivity index (χ0n) is 19.6. The van der Waals surface area contributed by atoms with E-state index in [9.17, 15) is 0 Å². The number of rotatable bonds is 7. The zero-order chi connectivity index (χ0) is 23.0. The number of ether oxygens (including phenoxy) is 1. The maximum atomic E-state index is 6.14. The summed E-state index contributed by atoms with van der Waals surface area (Å²) in [6.45, 7) is 7.15. The molecule has 0 amide bonds. The molecule has 0 saturated carbocycles. The Balaban J connectivity index is 1.50. The highest BCUT2D eigenvalue weighted by atomic mass is 16.5. The van der Waals surface area contributed by atoms with Gasteiger partial charge in [-0.2, -0.15) is 0 Å². The van der Waals surface area contributed by atoms with Gasteiger partial charge in [-0.15, -0.1) is 6.58 Å². The van der Waals surface area contributed by atoms with Gasteiger partial charge in [0.15, 0.2) is 0 Å². The molecule has 3 aromatic carbocycles. The van der Waals surface area contributed by atoms with E-state index in [-0.39, 0.29) is 17.7 Å². The molecular weight excluding hydrogens is 418 g/mol. The van der Waals surface area contributed by atoms with Gasteiger partial charge < -0.3 is 4.74 Å². The lowest BCUT2D eigenvalue weighted by Crippen LogP contribution is -2.52. The molecule has 4 nitrogen and oxygen atoms in total. The van der Waals surface area contributed by atoms with Crippen molar-refractivity contribution in [2.24, 2.45) is 5.41 Å². The average Bonchev–Trinajstić information content (AvgIpc) is 3.01. The molecule has 174 valence electrons. The standard InChI is InChI=1S/C30H33N3O/c1-2-18-34-22-30-19-26-27(23-12-6-3-7-13-23)32(21-30)29(25-16-10-5-11-17-25)33(26)28(31-20-30)24-14-8-4-9-15-24/h2-17,26-29,31H,1,18-22H2. The van der Waals surface area contributed by atoms with E-state index >= 15 is 0 Å². The van der Waals surface area contributed by atoms with Gasteiger partial charge in [-0.3, -0.25) is 15.1 Å². The molecule has 0 aliphatic carbocycles. The van der Waals surface area contributed by atoms with Gasteiger partial charge in [-0.1, -0.05) is 97.1 Å². The predicted octanol–water partition coefficient (Wildman–Crippen LogP) is 5.31. The Morgan fingerprint density at radius 2 is 1.50 bits per heavy atom. The summed E-state index contributed by atoms with van der Waals surface area (Å²) < 4.78 is 6.14. The van der Waals surface area contributed by atoms with Crippen molar-refractivity contribution < 1.29 is 4.74 Å². The van der Waals surface area contributed by atoms with E-state index in [0.29, 0.717) is 18.7 Å². The Labute approximate surface area is 202 Å². The van der Waals surface area contributed by atoms with Crippen LogP contribution in [0.5, 0.6) is 0 Å². The van der Waals surface area contributed by atoms with Gasteiger partial charge in [-0.05, 0) is 23.1 Å². The smallest absolute Gasteiger partial charge is 0.0910 e. The van der Waals surface area contributed by atoms with Gasteiger partial charge in [0, 0.05) is 24.5 Å². The van der Waals surface area contributed by atoms with Crippen LogP contribution < -0.4 is 5.32 Å². The van der Waals surface area contributed by atoms with Gasteiger partial charge in [-0.25, -0.2) is 0 Å². The average molecular weight is 452 g/mol. The fourth-order valence-corrected chi connectivity index (χ4v) is 6.56. The summed E-state index contributed by atoms with van der Waals surface area (Å²) in [4.78, 5) is 5.51. The van der Waals surface area contributed by atoms with E-state index < -0.39 is 0 Å². The molecule has 3 fully saturated rings. The summed E-state index contributed by atoms with van der Waals surface area (Å²) in [5.41, 5.74) is 4.15. The SMILES string of the molecule is C=CCOCC12CNC(c3ccccc3)N3C(C1)C(c1ccccc1)N(C2)C3c1ccccc1. The van der Waals surface area contributed by atoms with E-state index in [1.807, 2.05) is 6.08 Å². The third kappa shape index (κ3) is 3.71. The summed E-state index contributed by atoms with van der Waals surface area (Å²) >= 11 is 0. The largest absolute Gasteiger partial charge is 0.377 e. The van der Waals surface area contributed by atoms with Crippen LogP contribution >= 0.6 is 0 Å². The van der Waals surface area contributed by atoms with E-state index in [0.717, 1.165) is 26.1 Å². The second-order valence-corrected chi connectivity index (χ2v) is 10.0. The summed E-state index contributed by atoms with van der Waals surface area (Å²) in [5, 5.41) is 3.99. The summed E-state index contributed by atoms with van der Waals surface area (Å²) in [5.74, 6) is 0. The zero-order valence-corrected chi connectivity index (χ0v) is 19.6. The molecule has 6 atom stereocenters. The van der Waals surface area contributed by atoms with Crippen molar-refractivity contribution in [3.63, 3.8) is 0 Å². The minimum Gasteiger partial charge on any atom is -0.377 e. The molecule has 6 rings (SSSR count). The van der Waals surface area contributed by atoms with Crippen molar-refractivity contribution in [2.45, 2.75) is 30.8 Å². The van der Waals surface area contributed by atoms with Crippen molar-refractivity contribution in [3.8, 4) is 0 Å². The molecule has 3 aliphatic rings. The summed E-state index contributed by atoms with van der Waals surface area (Å²) in [7, 11) is 0. The normalized spacial score (nSPS) is 32.4. The highest BCUT2D eigenvalue weighted by Crippen LogP contribution is 2.57. The molecular formula is C30H33N3O. The second-order valence-electron chi connectivity index (χ2n) is 10.0. The number of hydrogen-bond donors (Lipinski definition) is 1. The molecule has 0 spiro atoms. The Bertz CT molecular complexity index is 1110. The number of nitrogens with zero attached hydrogens (tertiary/aromatic N) is 2. The lowest BCUT2D eigenvalue weighted by atomic mass is 9.75. The van der Waals surface area contributed by atoms with Gasteiger partial charge in [0.2, 0.25) is 0 Å².